The topological polar surface area (TPSA) is 47.0 Å². The van der Waals surface area contributed by atoms with Gasteiger partial charge in [-0.2, -0.15) is 0 Å². The highest BCUT2D eigenvalue weighted by Crippen LogP contribution is 2.20. The number of nitrogens with one attached hydrogen (secondary N) is 1. The molecule has 0 atom stereocenters. The highest BCUT2D eigenvalue weighted by molar-refractivity contribution is 5.47. The Morgan fingerprint density at radius 2 is 2.29 bits per heavy atom. The maximum Gasteiger partial charge on any atom is 0.221 e. The first-order valence-electron chi connectivity index (χ1n) is 6.08. The van der Waals surface area contributed by atoms with Crippen molar-refractivity contribution < 1.29 is 4.74 Å². The second-order valence-corrected chi connectivity index (χ2v) is 3.86. The molecule has 0 fully saturated rings. The summed E-state index contributed by atoms with van der Waals surface area (Å²) >= 11 is 0. The van der Waals surface area contributed by atoms with E-state index in [1.807, 2.05) is 13.0 Å². The van der Waals surface area contributed by atoms with Gasteiger partial charge in [-0.15, -0.1) is 6.58 Å². The maximum absolute atomic E-state index is 5.62. The lowest BCUT2D eigenvalue weighted by Gasteiger charge is -2.11. The minimum Gasteiger partial charge on any atom is -0.477 e. The van der Waals surface area contributed by atoms with Crippen LogP contribution in [0.1, 0.15) is 31.7 Å². The molecule has 0 saturated carbocycles. The number of rotatable bonds is 8. The average Bonchev–Trinajstić information content (AvgIpc) is 2.35. The number of ether oxygens (including phenoxy) is 1. The molecule has 0 aliphatic rings. The van der Waals surface area contributed by atoms with E-state index in [1.54, 1.807) is 0 Å². The van der Waals surface area contributed by atoms with Crippen molar-refractivity contribution in [3.63, 3.8) is 0 Å². The van der Waals surface area contributed by atoms with Gasteiger partial charge < -0.3 is 10.1 Å². The Morgan fingerprint density at radius 1 is 1.47 bits per heavy atom. The normalized spacial score (nSPS) is 10.0. The molecule has 1 aromatic rings. The van der Waals surface area contributed by atoms with E-state index in [1.165, 1.54) is 6.33 Å². The van der Waals surface area contributed by atoms with Crippen LogP contribution in [0.5, 0.6) is 5.88 Å². The second-order valence-electron chi connectivity index (χ2n) is 3.86. The first kappa shape index (κ1) is 13.5. The Balaban J connectivity index is 2.56. The monoisotopic (exact) mass is 235 g/mol. The Morgan fingerprint density at radius 3 is 3.00 bits per heavy atom. The van der Waals surface area contributed by atoms with Gasteiger partial charge in [-0.05, 0) is 26.2 Å². The van der Waals surface area contributed by atoms with Crippen LogP contribution in [0.15, 0.2) is 19.0 Å². The molecule has 0 amide bonds. The summed E-state index contributed by atoms with van der Waals surface area (Å²) in [7, 11) is 0. The lowest BCUT2D eigenvalue weighted by molar-refractivity contribution is 0.297. The van der Waals surface area contributed by atoms with Gasteiger partial charge in [0, 0.05) is 6.54 Å². The van der Waals surface area contributed by atoms with E-state index < -0.39 is 0 Å². The third-order valence-corrected chi connectivity index (χ3v) is 2.37. The number of allylic oxidation sites excluding steroid dienone is 1. The zero-order valence-electron chi connectivity index (χ0n) is 10.7. The Labute approximate surface area is 103 Å². The predicted molar refractivity (Wildman–Crippen MR) is 70.5 cm³/mol. The van der Waals surface area contributed by atoms with Gasteiger partial charge in [0.15, 0.2) is 0 Å². The van der Waals surface area contributed by atoms with Crippen LogP contribution >= 0.6 is 0 Å². The van der Waals surface area contributed by atoms with E-state index in [0.29, 0.717) is 12.5 Å². The fraction of sp³-hybridized carbons (Fsp3) is 0.538. The average molecular weight is 235 g/mol. The van der Waals surface area contributed by atoms with Gasteiger partial charge in [0.05, 0.1) is 12.2 Å². The van der Waals surface area contributed by atoms with Gasteiger partial charge in [-0.3, -0.25) is 0 Å². The van der Waals surface area contributed by atoms with Crippen molar-refractivity contribution in [3.05, 3.63) is 24.5 Å². The molecule has 1 rings (SSSR count). The lowest BCUT2D eigenvalue weighted by atomic mass is 10.3. The molecule has 94 valence electrons. The molecule has 4 nitrogen and oxygen atoms in total. The largest absolute Gasteiger partial charge is 0.477 e. The number of unbranched alkanes of at least 4 members (excludes halogenated alkanes) is 1. The van der Waals surface area contributed by atoms with Crippen LogP contribution in [0.3, 0.4) is 0 Å². The smallest absolute Gasteiger partial charge is 0.221 e. The molecule has 1 heterocycles. The van der Waals surface area contributed by atoms with E-state index in [4.69, 9.17) is 4.74 Å². The van der Waals surface area contributed by atoms with E-state index in [9.17, 15) is 0 Å². The van der Waals surface area contributed by atoms with Crippen molar-refractivity contribution in [3.8, 4) is 5.88 Å². The molecule has 0 unspecified atom stereocenters. The van der Waals surface area contributed by atoms with Crippen molar-refractivity contribution >= 4 is 5.82 Å². The summed E-state index contributed by atoms with van der Waals surface area (Å²) in [6.45, 7) is 9.35. The minimum absolute atomic E-state index is 0.664. The van der Waals surface area contributed by atoms with Crippen LogP contribution in [0, 0.1) is 6.92 Å². The van der Waals surface area contributed by atoms with Gasteiger partial charge in [-0.1, -0.05) is 13.0 Å². The molecule has 0 aliphatic carbocycles. The molecule has 1 aromatic heterocycles. The third-order valence-electron chi connectivity index (χ3n) is 2.37. The number of hydrogen-bond acceptors (Lipinski definition) is 4. The number of anilines is 1. The molecule has 0 aliphatic heterocycles. The first-order valence-corrected chi connectivity index (χ1v) is 6.08. The fourth-order valence-corrected chi connectivity index (χ4v) is 1.40. The fourth-order valence-electron chi connectivity index (χ4n) is 1.40. The number of aromatic nitrogens is 2. The predicted octanol–water partition coefficient (Wildman–Crippen LogP) is 2.95. The molecule has 0 bridgehead atoms. The molecule has 0 aromatic carbocycles. The highest BCUT2D eigenvalue weighted by Gasteiger charge is 2.06. The summed E-state index contributed by atoms with van der Waals surface area (Å²) in [5.74, 6) is 1.53. The number of nitrogens with zero attached hydrogens (tertiary/aromatic N) is 2. The summed E-state index contributed by atoms with van der Waals surface area (Å²) in [6, 6.07) is 0. The molecule has 4 heteroatoms. The van der Waals surface area contributed by atoms with Crippen molar-refractivity contribution in [2.45, 2.75) is 33.1 Å². The van der Waals surface area contributed by atoms with Gasteiger partial charge in [0.25, 0.3) is 0 Å². The Hall–Kier alpha value is -1.58. The zero-order valence-corrected chi connectivity index (χ0v) is 10.7. The SMILES string of the molecule is C=CCCCOc1ncnc(NCCC)c1C. The van der Waals surface area contributed by atoms with Crippen LogP contribution < -0.4 is 10.1 Å². The third kappa shape index (κ3) is 4.43. The van der Waals surface area contributed by atoms with Crippen molar-refractivity contribution in [1.82, 2.24) is 9.97 Å². The quantitative estimate of drug-likeness (QED) is 0.556. The maximum atomic E-state index is 5.62. The van der Waals surface area contributed by atoms with Gasteiger partial charge >= 0.3 is 0 Å². The van der Waals surface area contributed by atoms with E-state index in [0.717, 1.165) is 37.2 Å². The van der Waals surface area contributed by atoms with Crippen LogP contribution in [-0.4, -0.2) is 23.1 Å². The zero-order chi connectivity index (χ0) is 12.5. The summed E-state index contributed by atoms with van der Waals surface area (Å²) < 4.78 is 5.62. The van der Waals surface area contributed by atoms with Crippen LogP contribution in [0.25, 0.3) is 0 Å². The molecule has 0 radical (unpaired) electrons. The molecular formula is C13H21N3O. The number of hydrogen-bond donors (Lipinski definition) is 1. The molecule has 1 N–H and O–H groups in total. The lowest BCUT2D eigenvalue weighted by Crippen LogP contribution is -2.07. The second kappa shape index (κ2) is 7.65. The Bertz CT molecular complexity index is 353. The summed E-state index contributed by atoms with van der Waals surface area (Å²) in [4.78, 5) is 8.35. The minimum atomic E-state index is 0.664. The van der Waals surface area contributed by atoms with Gasteiger partial charge in [0.2, 0.25) is 5.88 Å². The van der Waals surface area contributed by atoms with Crippen molar-refractivity contribution in [2.24, 2.45) is 0 Å². The Kier molecular flexibility index (Phi) is 6.07. The molecule has 0 saturated heterocycles. The highest BCUT2D eigenvalue weighted by atomic mass is 16.5. The summed E-state index contributed by atoms with van der Waals surface area (Å²) in [6.07, 6.45) is 6.42. The van der Waals surface area contributed by atoms with Gasteiger partial charge in [-0.25, -0.2) is 9.97 Å². The van der Waals surface area contributed by atoms with Crippen molar-refractivity contribution in [2.75, 3.05) is 18.5 Å². The van der Waals surface area contributed by atoms with E-state index >= 15 is 0 Å². The van der Waals surface area contributed by atoms with Crippen LogP contribution in [0.4, 0.5) is 5.82 Å². The molecule has 17 heavy (non-hydrogen) atoms. The van der Waals surface area contributed by atoms with Crippen LogP contribution in [0.2, 0.25) is 0 Å². The summed E-state index contributed by atoms with van der Waals surface area (Å²) in [5, 5.41) is 3.26. The standard InChI is InChI=1S/C13H21N3O/c1-4-6-7-9-17-13-11(3)12(14-8-5-2)15-10-16-13/h4,10H,1,5-9H2,2-3H3,(H,14,15,16). The van der Waals surface area contributed by atoms with E-state index in [-0.39, 0.29) is 0 Å². The summed E-state index contributed by atoms with van der Waals surface area (Å²) in [5.41, 5.74) is 0.972. The van der Waals surface area contributed by atoms with Gasteiger partial charge in [0.1, 0.15) is 12.1 Å². The first-order chi connectivity index (χ1) is 8.29. The van der Waals surface area contributed by atoms with Crippen LogP contribution in [-0.2, 0) is 0 Å². The molecular weight excluding hydrogens is 214 g/mol. The van der Waals surface area contributed by atoms with Crippen molar-refractivity contribution in [1.29, 1.82) is 0 Å². The molecule has 0 spiro atoms. The van der Waals surface area contributed by atoms with E-state index in [2.05, 4.69) is 28.8 Å².